The number of anilines is 1. The van der Waals surface area contributed by atoms with Crippen LogP contribution in [0, 0.1) is 36.9 Å². The molecule has 0 fully saturated rings. The zero-order valence-corrected chi connectivity index (χ0v) is 19.3. The number of nitrogens with one attached hydrogen (secondary N) is 2. The van der Waals surface area contributed by atoms with E-state index in [1.165, 1.54) is 4.57 Å². The number of hydrogen-bond acceptors (Lipinski definition) is 5. The summed E-state index contributed by atoms with van der Waals surface area (Å²) in [7, 11) is 0. The highest BCUT2D eigenvalue weighted by Gasteiger charge is 2.15. The van der Waals surface area contributed by atoms with Crippen LogP contribution >= 0.6 is 12.2 Å². The number of H-pyrrole nitrogens is 1. The second-order valence-corrected chi connectivity index (χ2v) is 8.19. The molecule has 33 heavy (non-hydrogen) atoms. The maximum Gasteiger partial charge on any atom is 0.266 e. The van der Waals surface area contributed by atoms with E-state index in [0.717, 1.165) is 22.5 Å². The standard InChI is InChI=1S/C24H22N6O2S/c1-14-6-4-7-20(16(14)3)30-23(32)18-9-8-17(13-19(18)26-24(30)33)22(31)27-21-12-15(2)28-29(21)11-5-10-25/h4,6-9,12-13H,5,11H2,1-3H3,(H,26,33)(H,27,31). The molecule has 2 heterocycles. The molecule has 0 bridgehead atoms. The van der Waals surface area contributed by atoms with Gasteiger partial charge in [-0.05, 0) is 68.4 Å². The molecule has 2 N–H and O–H groups in total. The van der Waals surface area contributed by atoms with Crippen LogP contribution in [0.3, 0.4) is 0 Å². The summed E-state index contributed by atoms with van der Waals surface area (Å²) in [4.78, 5) is 29.3. The smallest absolute Gasteiger partial charge is 0.266 e. The molecule has 8 nitrogen and oxygen atoms in total. The molecule has 0 unspecified atom stereocenters. The fourth-order valence-electron chi connectivity index (χ4n) is 3.72. The van der Waals surface area contributed by atoms with Gasteiger partial charge in [-0.1, -0.05) is 12.1 Å². The van der Waals surface area contributed by atoms with Crippen molar-refractivity contribution in [3.05, 3.63) is 80.0 Å². The number of fused-ring (bicyclic) bond motifs is 1. The molecule has 1 amide bonds. The second kappa shape index (κ2) is 8.84. The van der Waals surface area contributed by atoms with E-state index in [9.17, 15) is 9.59 Å². The van der Waals surface area contributed by atoms with Crippen LogP contribution in [0.4, 0.5) is 5.82 Å². The van der Waals surface area contributed by atoms with E-state index in [1.54, 1.807) is 28.9 Å². The minimum atomic E-state index is -0.354. The normalized spacial score (nSPS) is 10.8. The second-order valence-electron chi connectivity index (χ2n) is 7.81. The van der Waals surface area contributed by atoms with Gasteiger partial charge >= 0.3 is 0 Å². The molecule has 0 saturated heterocycles. The SMILES string of the molecule is Cc1cc(NC(=O)c2ccc3c(=O)n(-c4cccc(C)c4C)c(=S)[nH]c3c2)n(CCC#N)n1. The van der Waals surface area contributed by atoms with Gasteiger partial charge in [0.05, 0.1) is 41.3 Å². The molecule has 0 saturated carbocycles. The Balaban J connectivity index is 1.72. The van der Waals surface area contributed by atoms with Crippen LogP contribution in [0.1, 0.15) is 33.6 Å². The molecular formula is C24H22N6O2S. The number of carbonyl (C=O) groups excluding carboxylic acids is 1. The summed E-state index contributed by atoms with van der Waals surface area (Å²) in [5, 5.41) is 16.4. The Morgan fingerprint density at radius 2 is 2.00 bits per heavy atom. The van der Waals surface area contributed by atoms with Gasteiger partial charge in [0, 0.05) is 11.6 Å². The van der Waals surface area contributed by atoms with Gasteiger partial charge in [-0.25, -0.2) is 4.68 Å². The fourth-order valence-corrected chi connectivity index (χ4v) is 4.01. The van der Waals surface area contributed by atoms with Gasteiger partial charge in [-0.2, -0.15) is 10.4 Å². The minimum Gasteiger partial charge on any atom is -0.331 e. The van der Waals surface area contributed by atoms with Crippen molar-refractivity contribution in [1.82, 2.24) is 19.3 Å². The summed E-state index contributed by atoms with van der Waals surface area (Å²) in [5.74, 6) is 0.152. The average molecular weight is 459 g/mol. The van der Waals surface area contributed by atoms with Crippen molar-refractivity contribution >= 4 is 34.8 Å². The van der Waals surface area contributed by atoms with E-state index in [4.69, 9.17) is 17.5 Å². The zero-order valence-electron chi connectivity index (χ0n) is 18.5. The summed E-state index contributed by atoms with van der Waals surface area (Å²) in [6.07, 6.45) is 0.281. The van der Waals surface area contributed by atoms with E-state index in [0.29, 0.717) is 28.8 Å². The van der Waals surface area contributed by atoms with E-state index in [-0.39, 0.29) is 22.7 Å². The molecule has 166 valence electrons. The van der Waals surface area contributed by atoms with Crippen LogP contribution in [0.25, 0.3) is 16.6 Å². The molecule has 2 aromatic heterocycles. The van der Waals surface area contributed by atoms with Gasteiger partial charge in [0.2, 0.25) is 0 Å². The Labute approximate surface area is 195 Å². The lowest BCUT2D eigenvalue weighted by Crippen LogP contribution is -2.22. The van der Waals surface area contributed by atoms with E-state index >= 15 is 0 Å². The summed E-state index contributed by atoms with van der Waals surface area (Å²) in [6, 6.07) is 14.4. The van der Waals surface area contributed by atoms with Crippen molar-refractivity contribution in [3.63, 3.8) is 0 Å². The molecule has 4 aromatic rings. The van der Waals surface area contributed by atoms with Crippen molar-refractivity contribution in [1.29, 1.82) is 5.26 Å². The van der Waals surface area contributed by atoms with Crippen LogP contribution < -0.4 is 10.9 Å². The molecule has 0 spiro atoms. The number of rotatable bonds is 5. The Morgan fingerprint density at radius 3 is 2.76 bits per heavy atom. The quantitative estimate of drug-likeness (QED) is 0.433. The first kappa shape index (κ1) is 22.2. The first-order valence-electron chi connectivity index (χ1n) is 10.4. The number of nitrogens with zero attached hydrogens (tertiary/aromatic N) is 4. The minimum absolute atomic E-state index is 0.250. The van der Waals surface area contributed by atoms with Gasteiger partial charge in [-0.15, -0.1) is 0 Å². The molecular weight excluding hydrogens is 436 g/mol. The Morgan fingerprint density at radius 1 is 1.21 bits per heavy atom. The third kappa shape index (κ3) is 4.21. The van der Waals surface area contributed by atoms with Crippen LogP contribution in [0.15, 0.2) is 47.3 Å². The maximum atomic E-state index is 13.3. The Bertz CT molecular complexity index is 1550. The van der Waals surface area contributed by atoms with Gasteiger partial charge in [0.15, 0.2) is 4.77 Å². The predicted molar refractivity (Wildman–Crippen MR) is 129 cm³/mol. The lowest BCUT2D eigenvalue weighted by Gasteiger charge is -2.13. The fraction of sp³-hybridized carbons (Fsp3) is 0.208. The lowest BCUT2D eigenvalue weighted by atomic mass is 10.1. The molecule has 0 aliphatic carbocycles. The monoisotopic (exact) mass is 458 g/mol. The first-order valence-corrected chi connectivity index (χ1v) is 10.8. The molecule has 2 aromatic carbocycles. The number of carbonyl (C=O) groups is 1. The highest BCUT2D eigenvalue weighted by Crippen LogP contribution is 2.19. The molecule has 4 rings (SSSR count). The van der Waals surface area contributed by atoms with Crippen molar-refractivity contribution < 1.29 is 4.79 Å². The van der Waals surface area contributed by atoms with Crippen LogP contribution in [-0.4, -0.2) is 25.2 Å². The van der Waals surface area contributed by atoms with E-state index < -0.39 is 0 Å². The third-order valence-corrected chi connectivity index (χ3v) is 5.84. The van der Waals surface area contributed by atoms with Gasteiger partial charge < -0.3 is 10.3 Å². The molecule has 0 atom stereocenters. The average Bonchev–Trinajstić information content (AvgIpc) is 3.13. The van der Waals surface area contributed by atoms with Crippen molar-refractivity contribution in [3.8, 4) is 11.8 Å². The Hall–Kier alpha value is -4.03. The summed E-state index contributed by atoms with van der Waals surface area (Å²) >= 11 is 5.50. The maximum absolute atomic E-state index is 13.3. The number of hydrogen-bond donors (Lipinski definition) is 2. The number of aryl methyl sites for hydroxylation is 3. The van der Waals surface area contributed by atoms with Crippen LogP contribution in [-0.2, 0) is 6.54 Å². The first-order chi connectivity index (χ1) is 15.8. The van der Waals surface area contributed by atoms with E-state index in [2.05, 4.69) is 21.5 Å². The third-order valence-electron chi connectivity index (χ3n) is 5.56. The number of aromatic nitrogens is 4. The number of aromatic amines is 1. The number of benzene rings is 2. The van der Waals surface area contributed by atoms with Crippen LogP contribution in [0.5, 0.6) is 0 Å². The molecule has 0 aliphatic heterocycles. The van der Waals surface area contributed by atoms with Crippen molar-refractivity contribution in [2.45, 2.75) is 33.7 Å². The van der Waals surface area contributed by atoms with Crippen LogP contribution in [0.2, 0.25) is 0 Å². The topological polar surface area (TPSA) is 108 Å². The molecule has 0 aliphatic rings. The molecule has 0 radical (unpaired) electrons. The van der Waals surface area contributed by atoms with Crippen molar-refractivity contribution in [2.24, 2.45) is 0 Å². The Kier molecular flexibility index (Phi) is 5.94. The lowest BCUT2D eigenvalue weighted by molar-refractivity contribution is 0.102. The summed E-state index contributed by atoms with van der Waals surface area (Å²) in [5.41, 5.74) is 4.09. The highest BCUT2D eigenvalue weighted by molar-refractivity contribution is 7.71. The van der Waals surface area contributed by atoms with Gasteiger partial charge in [0.25, 0.3) is 11.5 Å². The molecule has 9 heteroatoms. The highest BCUT2D eigenvalue weighted by atomic mass is 32.1. The van der Waals surface area contributed by atoms with E-state index in [1.807, 2.05) is 39.0 Å². The summed E-state index contributed by atoms with van der Waals surface area (Å²) < 4.78 is 3.33. The largest absolute Gasteiger partial charge is 0.331 e. The number of nitriles is 1. The zero-order chi connectivity index (χ0) is 23.7. The summed E-state index contributed by atoms with van der Waals surface area (Å²) in [6.45, 7) is 6.13. The van der Waals surface area contributed by atoms with Gasteiger partial charge in [0.1, 0.15) is 5.82 Å². The van der Waals surface area contributed by atoms with Crippen molar-refractivity contribution in [2.75, 3.05) is 5.32 Å². The van der Waals surface area contributed by atoms with Gasteiger partial charge in [-0.3, -0.25) is 14.2 Å². The predicted octanol–water partition coefficient (Wildman–Crippen LogP) is 4.34. The number of amides is 1.